The van der Waals surface area contributed by atoms with E-state index in [0.717, 1.165) is 59.2 Å². The first kappa shape index (κ1) is 27.6. The minimum absolute atomic E-state index is 0.209. The van der Waals surface area contributed by atoms with Gasteiger partial charge in [-0.25, -0.2) is 14.6 Å². The summed E-state index contributed by atoms with van der Waals surface area (Å²) in [6.07, 6.45) is 3.85. The van der Waals surface area contributed by atoms with Crippen LogP contribution in [-0.4, -0.2) is 62.7 Å². The van der Waals surface area contributed by atoms with Crippen molar-refractivity contribution in [2.45, 2.75) is 30.6 Å². The van der Waals surface area contributed by atoms with E-state index in [2.05, 4.69) is 28.4 Å². The number of amides is 2. The number of anilines is 1. The number of imide groups is 1. The van der Waals surface area contributed by atoms with Gasteiger partial charge < -0.3 is 19.8 Å². The number of pyridine rings is 1. The van der Waals surface area contributed by atoms with Crippen LogP contribution in [0.3, 0.4) is 0 Å². The molecule has 1 unspecified atom stereocenters. The molecule has 3 aromatic rings. The van der Waals surface area contributed by atoms with Crippen LogP contribution in [0.1, 0.15) is 18.4 Å². The highest BCUT2D eigenvalue weighted by molar-refractivity contribution is 8.15. The Morgan fingerprint density at radius 1 is 1.03 bits per heavy atom. The molecule has 202 valence electrons. The number of carbonyl (C=O) groups is 4. The number of hydrogen-bond acceptors (Lipinski definition) is 8. The molecule has 0 spiro atoms. The van der Waals surface area contributed by atoms with Crippen LogP contribution in [-0.2, 0) is 20.8 Å². The van der Waals surface area contributed by atoms with E-state index in [1.807, 2.05) is 42.5 Å². The topological polar surface area (TPSA) is 146 Å². The summed E-state index contributed by atoms with van der Waals surface area (Å²) in [5.74, 6) is -0.914. The molecule has 0 bridgehead atoms. The zero-order chi connectivity index (χ0) is 27.8. The van der Waals surface area contributed by atoms with Crippen molar-refractivity contribution in [2.24, 2.45) is 0 Å². The average molecular weight is 550 g/mol. The SMILES string of the molecule is O=C(O)/C=C\C(=O)O.O=C1NC(=O)C(Cc2ccc(OC[C@@H]3CCCN3c3ccc4ccccc4n3)cc2)S1. The van der Waals surface area contributed by atoms with Gasteiger partial charge >= 0.3 is 11.9 Å². The standard InChI is InChI=1S/C24H23N3O3S.C4H4O4/c28-23-21(31-24(29)26-23)14-16-7-10-19(11-8-16)30-15-18-5-3-13-27(18)22-12-9-17-4-1-2-6-20(17)25-22;5-3(6)1-2-4(7)8/h1-2,4,6-12,18,21H,3,5,13-15H2,(H,26,28,29);1-2H,(H,5,6)(H,7,8)/b;2-1-/t18-,21?;/m0./s1. The number of hydrogen-bond donors (Lipinski definition) is 3. The van der Waals surface area contributed by atoms with Crippen molar-refractivity contribution in [1.82, 2.24) is 10.3 Å². The highest BCUT2D eigenvalue weighted by Gasteiger charge is 2.31. The number of para-hydroxylation sites is 1. The fourth-order valence-corrected chi connectivity index (χ4v) is 5.18. The molecule has 2 saturated heterocycles. The van der Waals surface area contributed by atoms with Crippen molar-refractivity contribution in [3.05, 3.63) is 78.4 Å². The Kier molecular flexibility index (Phi) is 9.16. The van der Waals surface area contributed by atoms with Gasteiger partial charge in [-0.1, -0.05) is 42.1 Å². The number of benzene rings is 2. The van der Waals surface area contributed by atoms with Gasteiger partial charge in [-0.05, 0) is 55.2 Å². The van der Waals surface area contributed by atoms with E-state index < -0.39 is 11.9 Å². The first-order chi connectivity index (χ1) is 18.8. The lowest BCUT2D eigenvalue weighted by molar-refractivity contribution is -0.134. The first-order valence-corrected chi connectivity index (χ1v) is 13.2. The van der Waals surface area contributed by atoms with Crippen molar-refractivity contribution < 1.29 is 34.1 Å². The van der Waals surface area contributed by atoms with Crippen LogP contribution >= 0.6 is 11.8 Å². The predicted octanol–water partition coefficient (Wildman–Crippen LogP) is 3.89. The molecular formula is C28H27N3O7S. The monoisotopic (exact) mass is 549 g/mol. The van der Waals surface area contributed by atoms with Gasteiger partial charge in [0.2, 0.25) is 5.91 Å². The number of fused-ring (bicyclic) bond motifs is 1. The molecule has 3 N–H and O–H groups in total. The Bertz CT molecular complexity index is 1380. The third kappa shape index (κ3) is 7.81. The predicted molar refractivity (Wildman–Crippen MR) is 147 cm³/mol. The van der Waals surface area contributed by atoms with Crippen molar-refractivity contribution in [1.29, 1.82) is 0 Å². The largest absolute Gasteiger partial charge is 0.491 e. The van der Waals surface area contributed by atoms with Crippen LogP contribution in [0.4, 0.5) is 10.6 Å². The molecule has 0 saturated carbocycles. The highest BCUT2D eigenvalue weighted by atomic mass is 32.2. The number of nitrogens with zero attached hydrogens (tertiary/aromatic N) is 2. The van der Waals surface area contributed by atoms with Crippen molar-refractivity contribution in [3.63, 3.8) is 0 Å². The number of ether oxygens (including phenoxy) is 1. The van der Waals surface area contributed by atoms with Crippen molar-refractivity contribution in [3.8, 4) is 5.75 Å². The van der Waals surface area contributed by atoms with E-state index in [1.165, 1.54) is 0 Å². The van der Waals surface area contributed by atoms with Gasteiger partial charge in [0, 0.05) is 24.1 Å². The third-order valence-electron chi connectivity index (χ3n) is 6.18. The van der Waals surface area contributed by atoms with E-state index in [0.29, 0.717) is 25.2 Å². The summed E-state index contributed by atoms with van der Waals surface area (Å²) in [7, 11) is 0. The molecule has 0 aliphatic carbocycles. The molecule has 2 amide bonds. The zero-order valence-corrected chi connectivity index (χ0v) is 21.7. The summed E-state index contributed by atoms with van der Waals surface area (Å²) in [5, 5.41) is 18.5. The van der Waals surface area contributed by atoms with E-state index in [9.17, 15) is 19.2 Å². The second-order valence-corrected chi connectivity index (χ2v) is 10.1. The molecule has 11 heteroatoms. The maximum atomic E-state index is 11.7. The average Bonchev–Trinajstić information content (AvgIpc) is 3.52. The molecule has 2 atom stereocenters. The van der Waals surface area contributed by atoms with Crippen LogP contribution in [0.15, 0.2) is 72.8 Å². The summed E-state index contributed by atoms with van der Waals surface area (Å²) >= 11 is 1.06. The molecule has 10 nitrogen and oxygen atoms in total. The number of carboxylic acids is 2. The summed E-state index contributed by atoms with van der Waals surface area (Å²) < 4.78 is 6.08. The Balaban J connectivity index is 0.000000386. The second-order valence-electron chi connectivity index (χ2n) is 8.90. The summed E-state index contributed by atoms with van der Waals surface area (Å²) in [6.45, 7) is 1.58. The number of thioether (sulfide) groups is 1. The Labute approximate surface area is 228 Å². The van der Waals surface area contributed by atoms with Gasteiger partial charge in [-0.15, -0.1) is 0 Å². The quantitative estimate of drug-likeness (QED) is 0.354. The summed E-state index contributed by atoms with van der Waals surface area (Å²) in [6, 6.07) is 20.5. The highest BCUT2D eigenvalue weighted by Crippen LogP contribution is 2.27. The van der Waals surface area contributed by atoms with Crippen LogP contribution in [0.5, 0.6) is 5.75 Å². The molecule has 0 radical (unpaired) electrons. The number of rotatable bonds is 8. The smallest absolute Gasteiger partial charge is 0.328 e. The lowest BCUT2D eigenvalue weighted by atomic mass is 10.1. The number of carbonyl (C=O) groups excluding carboxylic acids is 2. The fraction of sp³-hybridized carbons (Fsp3) is 0.250. The van der Waals surface area contributed by atoms with Gasteiger partial charge in [0.25, 0.3) is 5.24 Å². The van der Waals surface area contributed by atoms with E-state index in [-0.39, 0.29) is 22.4 Å². The lowest BCUT2D eigenvalue weighted by Crippen LogP contribution is -2.34. The molecule has 2 aliphatic heterocycles. The molecule has 2 aliphatic rings. The van der Waals surface area contributed by atoms with Crippen LogP contribution in [0.2, 0.25) is 0 Å². The van der Waals surface area contributed by atoms with Gasteiger partial charge in [-0.3, -0.25) is 14.9 Å². The molecule has 2 aromatic carbocycles. The Hall–Kier alpha value is -4.38. The molecular weight excluding hydrogens is 522 g/mol. The lowest BCUT2D eigenvalue weighted by Gasteiger charge is -2.26. The van der Waals surface area contributed by atoms with E-state index in [1.54, 1.807) is 0 Å². The molecule has 5 rings (SSSR count). The van der Waals surface area contributed by atoms with Gasteiger partial charge in [0.05, 0.1) is 16.8 Å². The summed E-state index contributed by atoms with van der Waals surface area (Å²) in [4.78, 5) is 49.3. The molecule has 1 aromatic heterocycles. The fourth-order valence-electron chi connectivity index (χ4n) is 4.32. The number of carboxylic acid groups (broad SMARTS) is 2. The normalized spacial score (nSPS) is 18.6. The Morgan fingerprint density at radius 2 is 1.74 bits per heavy atom. The minimum Gasteiger partial charge on any atom is -0.491 e. The third-order valence-corrected chi connectivity index (χ3v) is 7.16. The van der Waals surface area contributed by atoms with Gasteiger partial charge in [0.15, 0.2) is 0 Å². The van der Waals surface area contributed by atoms with E-state index >= 15 is 0 Å². The maximum absolute atomic E-state index is 11.7. The number of aromatic nitrogens is 1. The first-order valence-electron chi connectivity index (χ1n) is 12.3. The van der Waals surface area contributed by atoms with Gasteiger partial charge in [0.1, 0.15) is 18.2 Å². The van der Waals surface area contributed by atoms with Gasteiger partial charge in [-0.2, -0.15) is 0 Å². The Morgan fingerprint density at radius 3 is 2.41 bits per heavy atom. The van der Waals surface area contributed by atoms with Crippen molar-refractivity contribution in [2.75, 3.05) is 18.1 Å². The second kappa shape index (κ2) is 12.9. The zero-order valence-electron chi connectivity index (χ0n) is 20.9. The summed E-state index contributed by atoms with van der Waals surface area (Å²) in [5.41, 5.74) is 2.02. The molecule has 39 heavy (non-hydrogen) atoms. The minimum atomic E-state index is -1.26. The molecule has 3 heterocycles. The number of aliphatic carboxylic acids is 2. The van der Waals surface area contributed by atoms with E-state index in [4.69, 9.17) is 19.9 Å². The number of nitrogens with one attached hydrogen (secondary N) is 1. The maximum Gasteiger partial charge on any atom is 0.328 e. The molecule has 2 fully saturated rings. The van der Waals surface area contributed by atoms with Crippen molar-refractivity contribution >= 4 is 51.6 Å². The van der Waals surface area contributed by atoms with Crippen LogP contribution < -0.4 is 15.0 Å². The van der Waals surface area contributed by atoms with Crippen LogP contribution in [0, 0.1) is 0 Å². The van der Waals surface area contributed by atoms with Crippen LogP contribution in [0.25, 0.3) is 10.9 Å².